The number of benzene rings is 3. The van der Waals surface area contributed by atoms with Crippen LogP contribution in [0.25, 0.3) is 0 Å². The molecule has 0 aliphatic heterocycles. The molecule has 9 heteroatoms. The summed E-state index contributed by atoms with van der Waals surface area (Å²) in [6.45, 7) is -0.564. The van der Waals surface area contributed by atoms with Crippen molar-refractivity contribution in [3.8, 4) is 17.2 Å². The second kappa shape index (κ2) is 10.7. The highest BCUT2D eigenvalue weighted by molar-refractivity contribution is 6.05. The van der Waals surface area contributed by atoms with Crippen molar-refractivity contribution in [2.45, 2.75) is 0 Å². The molecule has 33 heavy (non-hydrogen) atoms. The zero-order chi connectivity index (χ0) is 23.8. The molecule has 0 bridgehead atoms. The lowest BCUT2D eigenvalue weighted by atomic mass is 10.2. The predicted molar refractivity (Wildman–Crippen MR) is 121 cm³/mol. The Balaban J connectivity index is 1.55. The van der Waals surface area contributed by atoms with Crippen LogP contribution in [0.4, 0.5) is 11.4 Å². The summed E-state index contributed by atoms with van der Waals surface area (Å²) < 4.78 is 15.1. The van der Waals surface area contributed by atoms with Crippen LogP contribution in [-0.2, 0) is 9.53 Å². The Labute approximate surface area is 189 Å². The lowest BCUT2D eigenvalue weighted by molar-refractivity contribution is -0.119. The van der Waals surface area contributed by atoms with Crippen LogP contribution in [0, 0.1) is 0 Å². The molecule has 2 amide bonds. The van der Waals surface area contributed by atoms with E-state index in [0.717, 1.165) is 0 Å². The maximum absolute atomic E-state index is 12.5. The van der Waals surface area contributed by atoms with Gasteiger partial charge in [-0.1, -0.05) is 18.2 Å². The Hall–Kier alpha value is -4.53. The maximum atomic E-state index is 12.5. The molecule has 0 spiro atoms. The number of carbonyl (C=O) groups excluding carboxylic acids is 3. The number of esters is 1. The van der Waals surface area contributed by atoms with Crippen molar-refractivity contribution in [2.75, 3.05) is 31.5 Å². The molecule has 9 nitrogen and oxygen atoms in total. The number of phenols is 1. The molecule has 0 saturated heterocycles. The fourth-order valence-corrected chi connectivity index (χ4v) is 2.91. The van der Waals surface area contributed by atoms with E-state index in [1.807, 2.05) is 0 Å². The van der Waals surface area contributed by atoms with E-state index < -0.39 is 18.5 Å². The Kier molecular flexibility index (Phi) is 7.48. The lowest BCUT2D eigenvalue weighted by Gasteiger charge is -2.11. The summed E-state index contributed by atoms with van der Waals surface area (Å²) in [7, 11) is 2.87. The Morgan fingerprint density at radius 2 is 1.48 bits per heavy atom. The van der Waals surface area contributed by atoms with E-state index in [1.165, 1.54) is 32.4 Å². The van der Waals surface area contributed by atoms with Gasteiger partial charge in [-0.25, -0.2) is 4.79 Å². The van der Waals surface area contributed by atoms with Crippen molar-refractivity contribution in [2.24, 2.45) is 0 Å². The summed E-state index contributed by atoms with van der Waals surface area (Å²) in [5, 5.41) is 15.3. The molecule has 3 aromatic rings. The van der Waals surface area contributed by atoms with E-state index >= 15 is 0 Å². The molecule has 0 heterocycles. The number of anilines is 2. The number of ether oxygens (including phenoxy) is 3. The fraction of sp³-hybridized carbons (Fsp3) is 0.125. The number of carbonyl (C=O) groups is 3. The van der Waals surface area contributed by atoms with Gasteiger partial charge in [-0.2, -0.15) is 0 Å². The second-order valence-corrected chi connectivity index (χ2v) is 6.71. The normalized spacial score (nSPS) is 10.1. The first-order chi connectivity index (χ1) is 15.9. The van der Waals surface area contributed by atoms with Crippen LogP contribution >= 0.6 is 0 Å². The number of para-hydroxylation sites is 3. The molecule has 3 rings (SSSR count). The fourth-order valence-electron chi connectivity index (χ4n) is 2.91. The van der Waals surface area contributed by atoms with Gasteiger partial charge in [-0.3, -0.25) is 9.59 Å². The van der Waals surface area contributed by atoms with Crippen LogP contribution in [-0.4, -0.2) is 43.7 Å². The molecule has 0 atom stereocenters. The minimum absolute atomic E-state index is 0.115. The van der Waals surface area contributed by atoms with Gasteiger partial charge in [0.25, 0.3) is 11.8 Å². The second-order valence-electron chi connectivity index (χ2n) is 6.71. The Bertz CT molecular complexity index is 1160. The van der Waals surface area contributed by atoms with Gasteiger partial charge >= 0.3 is 5.97 Å². The first-order valence-electron chi connectivity index (χ1n) is 9.80. The highest BCUT2D eigenvalue weighted by Gasteiger charge is 2.17. The number of aromatic hydroxyl groups is 1. The number of amides is 2. The van der Waals surface area contributed by atoms with Gasteiger partial charge in [0.1, 0.15) is 11.3 Å². The predicted octanol–water partition coefficient (Wildman–Crippen LogP) is 3.46. The van der Waals surface area contributed by atoms with E-state index in [-0.39, 0.29) is 23.0 Å². The molecule has 170 valence electrons. The van der Waals surface area contributed by atoms with Crippen LogP contribution in [0.1, 0.15) is 20.7 Å². The molecule has 0 aromatic heterocycles. The molecule has 0 fully saturated rings. The molecule has 0 saturated carbocycles. The molecule has 0 unspecified atom stereocenters. The molecule has 0 aliphatic carbocycles. The third-order valence-electron chi connectivity index (χ3n) is 4.56. The van der Waals surface area contributed by atoms with E-state index in [0.29, 0.717) is 22.7 Å². The van der Waals surface area contributed by atoms with Gasteiger partial charge in [-0.05, 0) is 48.5 Å². The average Bonchev–Trinajstić information content (AvgIpc) is 2.83. The van der Waals surface area contributed by atoms with E-state index in [9.17, 15) is 19.5 Å². The Morgan fingerprint density at radius 1 is 0.818 bits per heavy atom. The molecule has 0 aliphatic rings. The van der Waals surface area contributed by atoms with Crippen LogP contribution in [0.3, 0.4) is 0 Å². The standard InChI is InChI=1S/C24H22N2O7/c1-31-19-8-4-3-7-18(19)26-23(29)15-10-12-16(13-11-15)25-21(27)14-33-24(30)17-6-5-9-20(32-2)22(17)28/h3-13,28H,14H2,1-2H3,(H,25,27)(H,26,29). The topological polar surface area (TPSA) is 123 Å². The van der Waals surface area contributed by atoms with Gasteiger partial charge in [0.05, 0.1) is 19.9 Å². The zero-order valence-corrected chi connectivity index (χ0v) is 18.0. The highest BCUT2D eigenvalue weighted by atomic mass is 16.5. The van der Waals surface area contributed by atoms with Crippen molar-refractivity contribution in [1.82, 2.24) is 0 Å². The number of hydrogen-bond donors (Lipinski definition) is 3. The van der Waals surface area contributed by atoms with Crippen LogP contribution < -0.4 is 20.1 Å². The largest absolute Gasteiger partial charge is 0.504 e. The summed E-state index contributed by atoms with van der Waals surface area (Å²) in [4.78, 5) is 36.7. The number of nitrogens with one attached hydrogen (secondary N) is 2. The summed E-state index contributed by atoms with van der Waals surface area (Å²) >= 11 is 0. The first-order valence-corrected chi connectivity index (χ1v) is 9.80. The van der Waals surface area contributed by atoms with Gasteiger partial charge in [0.2, 0.25) is 0 Å². The van der Waals surface area contributed by atoms with Crippen molar-refractivity contribution in [3.05, 3.63) is 77.9 Å². The van der Waals surface area contributed by atoms with Crippen molar-refractivity contribution < 1.29 is 33.7 Å². The quantitative estimate of drug-likeness (QED) is 0.449. The van der Waals surface area contributed by atoms with Gasteiger partial charge in [0, 0.05) is 11.3 Å². The smallest absolute Gasteiger partial charge is 0.342 e. The van der Waals surface area contributed by atoms with Crippen molar-refractivity contribution in [3.63, 3.8) is 0 Å². The summed E-state index contributed by atoms with van der Waals surface area (Å²) in [5.74, 6) is -1.52. The molecule has 3 aromatic carbocycles. The van der Waals surface area contributed by atoms with E-state index in [2.05, 4.69) is 10.6 Å². The van der Waals surface area contributed by atoms with Crippen LogP contribution in [0.15, 0.2) is 66.7 Å². The van der Waals surface area contributed by atoms with Crippen LogP contribution in [0.5, 0.6) is 17.2 Å². The molecular formula is C24H22N2O7. The van der Waals surface area contributed by atoms with E-state index in [4.69, 9.17) is 14.2 Å². The van der Waals surface area contributed by atoms with Crippen LogP contribution in [0.2, 0.25) is 0 Å². The third kappa shape index (κ3) is 5.79. The average molecular weight is 450 g/mol. The van der Waals surface area contributed by atoms with E-state index in [1.54, 1.807) is 48.5 Å². The first kappa shape index (κ1) is 23.1. The number of rotatable bonds is 8. The van der Waals surface area contributed by atoms with Crippen molar-refractivity contribution >= 4 is 29.2 Å². The molecular weight excluding hydrogens is 428 g/mol. The minimum Gasteiger partial charge on any atom is -0.504 e. The molecule has 0 radical (unpaired) electrons. The monoisotopic (exact) mass is 450 g/mol. The number of methoxy groups -OCH3 is 2. The minimum atomic E-state index is -0.870. The highest BCUT2D eigenvalue weighted by Crippen LogP contribution is 2.29. The van der Waals surface area contributed by atoms with Gasteiger partial charge in [-0.15, -0.1) is 0 Å². The number of phenolic OH excluding ortho intramolecular Hbond substituents is 1. The molecule has 3 N–H and O–H groups in total. The zero-order valence-electron chi connectivity index (χ0n) is 18.0. The summed E-state index contributed by atoms with van der Waals surface area (Å²) in [6, 6.07) is 17.6. The summed E-state index contributed by atoms with van der Waals surface area (Å²) in [6.07, 6.45) is 0. The third-order valence-corrected chi connectivity index (χ3v) is 4.56. The SMILES string of the molecule is COc1ccccc1NC(=O)c1ccc(NC(=O)COC(=O)c2cccc(OC)c2O)cc1. The summed E-state index contributed by atoms with van der Waals surface area (Å²) in [5.41, 5.74) is 1.20. The van der Waals surface area contributed by atoms with Crippen molar-refractivity contribution in [1.29, 1.82) is 0 Å². The van der Waals surface area contributed by atoms with Gasteiger partial charge in [0.15, 0.2) is 18.1 Å². The lowest BCUT2D eigenvalue weighted by Crippen LogP contribution is -2.21. The van der Waals surface area contributed by atoms with Gasteiger partial charge < -0.3 is 30.0 Å². The maximum Gasteiger partial charge on any atom is 0.342 e. The number of hydrogen-bond acceptors (Lipinski definition) is 7. The Morgan fingerprint density at radius 3 is 2.18 bits per heavy atom.